The van der Waals surface area contributed by atoms with E-state index >= 15 is 0 Å². The first-order valence-electron chi connectivity index (χ1n) is 4.82. The molecule has 0 amide bonds. The second-order valence-corrected chi connectivity index (χ2v) is 3.84. The van der Waals surface area contributed by atoms with Crippen LogP contribution < -0.4 is 0 Å². The van der Waals surface area contributed by atoms with Crippen LogP contribution in [0.15, 0.2) is 11.8 Å². The van der Waals surface area contributed by atoms with E-state index < -0.39 is 11.6 Å². The fraction of sp³-hybridized carbons (Fsp3) is 0.600. The summed E-state index contributed by atoms with van der Waals surface area (Å²) in [4.78, 5) is 22.2. The maximum atomic E-state index is 11.6. The highest BCUT2D eigenvalue weighted by Gasteiger charge is 2.46. The average molecular weight is 196 g/mol. The second-order valence-electron chi connectivity index (χ2n) is 3.84. The Hall–Kier alpha value is -1.32. The summed E-state index contributed by atoms with van der Waals surface area (Å²) >= 11 is 0. The number of carboxylic acids is 1. The third kappa shape index (κ3) is 1.31. The van der Waals surface area contributed by atoms with E-state index in [1.165, 1.54) is 0 Å². The third-order valence-corrected chi connectivity index (χ3v) is 2.89. The highest BCUT2D eigenvalue weighted by atomic mass is 16.5. The molecule has 1 saturated carbocycles. The molecule has 1 spiro atoms. The van der Waals surface area contributed by atoms with Gasteiger partial charge in [-0.25, -0.2) is 4.79 Å². The van der Waals surface area contributed by atoms with Crippen molar-refractivity contribution in [1.82, 2.24) is 0 Å². The van der Waals surface area contributed by atoms with E-state index in [0.717, 1.165) is 25.3 Å². The number of hydrogen-bond donors (Lipinski definition) is 1. The Kier molecular flexibility index (Phi) is 2.06. The Morgan fingerprint density at radius 1 is 1.36 bits per heavy atom. The standard InChI is InChI=1S/C10H12O4/c11-8-6-7(9(12)13)14-10(8)4-2-1-3-5-10/h6H,1-5H2,(H,12,13). The molecule has 4 nitrogen and oxygen atoms in total. The van der Waals surface area contributed by atoms with Crippen molar-refractivity contribution < 1.29 is 19.4 Å². The van der Waals surface area contributed by atoms with E-state index in [-0.39, 0.29) is 11.5 Å². The Morgan fingerprint density at radius 3 is 2.50 bits per heavy atom. The Balaban J connectivity index is 2.18. The molecule has 14 heavy (non-hydrogen) atoms. The highest BCUT2D eigenvalue weighted by molar-refractivity contribution is 6.05. The van der Waals surface area contributed by atoms with Crippen molar-refractivity contribution in [2.45, 2.75) is 37.7 Å². The van der Waals surface area contributed by atoms with Gasteiger partial charge in [0.05, 0.1) is 0 Å². The molecule has 1 fully saturated rings. The van der Waals surface area contributed by atoms with Gasteiger partial charge in [-0.05, 0) is 25.7 Å². The molecule has 0 bridgehead atoms. The van der Waals surface area contributed by atoms with Gasteiger partial charge in [0.15, 0.2) is 5.60 Å². The first kappa shape index (κ1) is 9.24. The number of hydrogen-bond acceptors (Lipinski definition) is 3. The van der Waals surface area contributed by atoms with Crippen LogP contribution in [0.4, 0.5) is 0 Å². The minimum Gasteiger partial charge on any atom is -0.475 e. The van der Waals surface area contributed by atoms with Gasteiger partial charge in [0, 0.05) is 6.08 Å². The fourth-order valence-electron chi connectivity index (χ4n) is 2.12. The number of ketones is 1. The van der Waals surface area contributed by atoms with Crippen LogP contribution in [-0.2, 0) is 14.3 Å². The molecule has 2 rings (SSSR count). The minimum atomic E-state index is -1.15. The lowest BCUT2D eigenvalue weighted by molar-refractivity contribution is -0.143. The molecule has 1 aliphatic carbocycles. The zero-order valence-corrected chi connectivity index (χ0v) is 7.78. The van der Waals surface area contributed by atoms with E-state index in [4.69, 9.17) is 9.84 Å². The SMILES string of the molecule is O=C(O)C1=CC(=O)C2(CCCCC2)O1. The molecule has 1 aliphatic heterocycles. The van der Waals surface area contributed by atoms with E-state index in [9.17, 15) is 9.59 Å². The van der Waals surface area contributed by atoms with Crippen LogP contribution in [0.3, 0.4) is 0 Å². The Bertz CT molecular complexity index is 310. The molecule has 1 N–H and O–H groups in total. The molecule has 0 unspecified atom stereocenters. The Morgan fingerprint density at radius 2 is 2.00 bits per heavy atom. The number of ether oxygens (including phenoxy) is 1. The van der Waals surface area contributed by atoms with Crippen molar-refractivity contribution in [3.8, 4) is 0 Å². The summed E-state index contributed by atoms with van der Waals surface area (Å²) in [7, 11) is 0. The quantitative estimate of drug-likeness (QED) is 0.685. The van der Waals surface area contributed by atoms with Crippen LogP contribution in [0, 0.1) is 0 Å². The molecule has 76 valence electrons. The van der Waals surface area contributed by atoms with Gasteiger partial charge in [0.1, 0.15) is 0 Å². The fourth-order valence-corrected chi connectivity index (χ4v) is 2.12. The van der Waals surface area contributed by atoms with Gasteiger partial charge in [0.2, 0.25) is 11.5 Å². The Labute approximate surface area is 81.6 Å². The first-order chi connectivity index (χ1) is 6.64. The number of carbonyl (C=O) groups is 2. The maximum absolute atomic E-state index is 11.6. The highest BCUT2D eigenvalue weighted by Crippen LogP contribution is 2.38. The lowest BCUT2D eigenvalue weighted by Crippen LogP contribution is -2.38. The molecule has 2 aliphatic rings. The van der Waals surface area contributed by atoms with Crippen LogP contribution in [0.5, 0.6) is 0 Å². The van der Waals surface area contributed by atoms with Crippen LogP contribution >= 0.6 is 0 Å². The van der Waals surface area contributed by atoms with Crippen LogP contribution in [-0.4, -0.2) is 22.5 Å². The monoisotopic (exact) mass is 196 g/mol. The lowest BCUT2D eigenvalue weighted by Gasteiger charge is -2.31. The first-order valence-corrected chi connectivity index (χ1v) is 4.82. The summed E-state index contributed by atoms with van der Waals surface area (Å²) in [6.45, 7) is 0. The summed E-state index contributed by atoms with van der Waals surface area (Å²) in [5.74, 6) is -1.52. The van der Waals surface area contributed by atoms with Crippen LogP contribution in [0.25, 0.3) is 0 Å². The number of rotatable bonds is 1. The molecule has 0 atom stereocenters. The number of aliphatic carboxylic acids is 1. The molecule has 0 aromatic rings. The molecule has 4 heteroatoms. The van der Waals surface area contributed by atoms with Gasteiger partial charge >= 0.3 is 5.97 Å². The minimum absolute atomic E-state index is 0.172. The van der Waals surface area contributed by atoms with Crippen molar-refractivity contribution in [3.63, 3.8) is 0 Å². The molecule has 0 saturated heterocycles. The average Bonchev–Trinajstić information content (AvgIpc) is 2.46. The molecule has 1 heterocycles. The number of carbonyl (C=O) groups excluding carboxylic acids is 1. The lowest BCUT2D eigenvalue weighted by atomic mass is 9.82. The third-order valence-electron chi connectivity index (χ3n) is 2.89. The van der Waals surface area contributed by atoms with E-state index in [2.05, 4.69) is 0 Å². The van der Waals surface area contributed by atoms with Crippen LogP contribution in [0.1, 0.15) is 32.1 Å². The van der Waals surface area contributed by atoms with Gasteiger partial charge in [-0.2, -0.15) is 0 Å². The summed E-state index contributed by atoms with van der Waals surface area (Å²) < 4.78 is 5.28. The smallest absolute Gasteiger partial charge is 0.371 e. The molecule has 0 aromatic carbocycles. The molecule has 0 radical (unpaired) electrons. The van der Waals surface area contributed by atoms with Crippen molar-refractivity contribution >= 4 is 11.8 Å². The summed E-state index contributed by atoms with van der Waals surface area (Å²) in [5.41, 5.74) is -0.827. The van der Waals surface area contributed by atoms with Crippen molar-refractivity contribution in [2.75, 3.05) is 0 Å². The zero-order valence-electron chi connectivity index (χ0n) is 7.78. The van der Waals surface area contributed by atoms with Crippen molar-refractivity contribution in [3.05, 3.63) is 11.8 Å². The molecule has 0 aromatic heterocycles. The maximum Gasteiger partial charge on any atom is 0.371 e. The topological polar surface area (TPSA) is 63.6 Å². The van der Waals surface area contributed by atoms with Gasteiger partial charge in [-0.3, -0.25) is 4.79 Å². The summed E-state index contributed by atoms with van der Waals surface area (Å²) in [6.07, 6.45) is 5.39. The van der Waals surface area contributed by atoms with Gasteiger partial charge in [-0.1, -0.05) is 6.42 Å². The van der Waals surface area contributed by atoms with E-state index in [1.54, 1.807) is 0 Å². The van der Waals surface area contributed by atoms with E-state index in [0.29, 0.717) is 12.8 Å². The normalized spacial score (nSPS) is 24.6. The van der Waals surface area contributed by atoms with Gasteiger partial charge in [0.25, 0.3) is 0 Å². The predicted molar refractivity (Wildman–Crippen MR) is 47.6 cm³/mol. The van der Waals surface area contributed by atoms with Crippen molar-refractivity contribution in [2.24, 2.45) is 0 Å². The van der Waals surface area contributed by atoms with Crippen molar-refractivity contribution in [1.29, 1.82) is 0 Å². The van der Waals surface area contributed by atoms with Gasteiger partial charge < -0.3 is 9.84 Å². The predicted octanol–water partition coefficient (Wildman–Crippen LogP) is 1.26. The summed E-state index contributed by atoms with van der Waals surface area (Å²) in [5, 5.41) is 8.70. The zero-order chi connectivity index (χ0) is 10.2. The van der Waals surface area contributed by atoms with Gasteiger partial charge in [-0.15, -0.1) is 0 Å². The molecular formula is C10H12O4. The second kappa shape index (κ2) is 3.12. The van der Waals surface area contributed by atoms with E-state index in [1.807, 2.05) is 0 Å². The largest absolute Gasteiger partial charge is 0.475 e. The summed E-state index contributed by atoms with van der Waals surface area (Å²) in [6, 6.07) is 0. The van der Waals surface area contributed by atoms with Crippen LogP contribution in [0.2, 0.25) is 0 Å². The number of carboxylic acid groups (broad SMARTS) is 1. The molecular weight excluding hydrogens is 184 g/mol.